The Morgan fingerprint density at radius 3 is 2.40 bits per heavy atom. The minimum absolute atomic E-state index is 0.0841. The maximum absolute atomic E-state index is 11.3. The van der Waals surface area contributed by atoms with E-state index in [4.69, 9.17) is 4.74 Å². The van der Waals surface area contributed by atoms with E-state index in [0.717, 1.165) is 39.3 Å². The average molecular weight is 276 g/mol. The van der Waals surface area contributed by atoms with Gasteiger partial charge in [-0.1, -0.05) is 30.3 Å². The number of carbonyl (C=O) groups excluding carboxylic acids is 1. The lowest BCUT2D eigenvalue weighted by molar-refractivity contribution is -0.143. The highest BCUT2D eigenvalue weighted by atomic mass is 16.5. The highest BCUT2D eigenvalue weighted by Gasteiger charge is 2.17. The van der Waals surface area contributed by atoms with Gasteiger partial charge >= 0.3 is 5.97 Å². The molecule has 0 spiro atoms. The van der Waals surface area contributed by atoms with Crippen molar-refractivity contribution in [1.82, 2.24) is 9.80 Å². The lowest BCUT2D eigenvalue weighted by Crippen LogP contribution is -2.46. The fourth-order valence-electron chi connectivity index (χ4n) is 2.50. The molecular weight excluding hydrogens is 252 g/mol. The molecule has 4 nitrogen and oxygen atoms in total. The molecule has 110 valence electrons. The maximum atomic E-state index is 11.3. The van der Waals surface area contributed by atoms with Gasteiger partial charge < -0.3 is 9.64 Å². The van der Waals surface area contributed by atoms with Crippen LogP contribution in [-0.2, 0) is 16.1 Å². The third kappa shape index (κ3) is 4.94. The molecule has 2 rings (SSSR count). The second-order valence-corrected chi connectivity index (χ2v) is 5.16. The van der Waals surface area contributed by atoms with Gasteiger partial charge in [0, 0.05) is 39.3 Å². The topological polar surface area (TPSA) is 32.8 Å². The molecule has 4 heteroatoms. The number of rotatable bonds is 6. The molecule has 0 bridgehead atoms. The van der Waals surface area contributed by atoms with E-state index in [-0.39, 0.29) is 5.97 Å². The van der Waals surface area contributed by atoms with Crippen molar-refractivity contribution in [3.8, 4) is 0 Å². The number of esters is 1. The average Bonchev–Trinajstić information content (AvgIpc) is 2.48. The summed E-state index contributed by atoms with van der Waals surface area (Å²) in [7, 11) is 0. The van der Waals surface area contributed by atoms with E-state index in [1.807, 2.05) is 6.92 Å². The van der Waals surface area contributed by atoms with Crippen LogP contribution in [0.25, 0.3) is 0 Å². The number of nitrogens with zero attached hydrogens (tertiary/aromatic N) is 2. The first-order chi connectivity index (χ1) is 9.78. The molecule has 0 aliphatic carbocycles. The van der Waals surface area contributed by atoms with Gasteiger partial charge in [0.25, 0.3) is 0 Å². The van der Waals surface area contributed by atoms with Gasteiger partial charge in [-0.3, -0.25) is 9.69 Å². The number of hydrogen-bond donors (Lipinski definition) is 0. The van der Waals surface area contributed by atoms with Crippen LogP contribution in [0.3, 0.4) is 0 Å². The normalized spacial score (nSPS) is 17.1. The number of ether oxygens (including phenoxy) is 1. The fourth-order valence-corrected chi connectivity index (χ4v) is 2.50. The van der Waals surface area contributed by atoms with Gasteiger partial charge in [0.1, 0.15) is 0 Å². The molecule has 0 radical (unpaired) electrons. The van der Waals surface area contributed by atoms with Gasteiger partial charge in [-0.15, -0.1) is 0 Å². The zero-order valence-corrected chi connectivity index (χ0v) is 12.3. The smallest absolute Gasteiger partial charge is 0.307 e. The Morgan fingerprint density at radius 1 is 1.10 bits per heavy atom. The molecule has 1 saturated heterocycles. The minimum atomic E-state index is -0.0841. The Morgan fingerprint density at radius 2 is 1.75 bits per heavy atom. The van der Waals surface area contributed by atoms with Crippen molar-refractivity contribution in [2.45, 2.75) is 19.9 Å². The first kappa shape index (κ1) is 15.0. The molecule has 0 aromatic heterocycles. The van der Waals surface area contributed by atoms with Gasteiger partial charge in [0.2, 0.25) is 0 Å². The predicted octanol–water partition coefficient (Wildman–Crippen LogP) is 1.76. The third-order valence-electron chi connectivity index (χ3n) is 3.65. The van der Waals surface area contributed by atoms with Crippen molar-refractivity contribution >= 4 is 5.97 Å². The Bertz CT molecular complexity index is 400. The van der Waals surface area contributed by atoms with Crippen molar-refractivity contribution < 1.29 is 9.53 Å². The minimum Gasteiger partial charge on any atom is -0.466 e. The van der Waals surface area contributed by atoms with Gasteiger partial charge in [-0.05, 0) is 12.5 Å². The number of benzene rings is 1. The third-order valence-corrected chi connectivity index (χ3v) is 3.65. The summed E-state index contributed by atoms with van der Waals surface area (Å²) in [5, 5.41) is 0. The Balaban J connectivity index is 1.66. The molecule has 0 amide bonds. The molecule has 0 saturated carbocycles. The molecule has 20 heavy (non-hydrogen) atoms. The van der Waals surface area contributed by atoms with E-state index in [2.05, 4.69) is 40.1 Å². The van der Waals surface area contributed by atoms with Gasteiger partial charge in [0.15, 0.2) is 0 Å². The molecule has 1 aliphatic rings. The van der Waals surface area contributed by atoms with E-state index in [0.29, 0.717) is 13.0 Å². The second kappa shape index (κ2) is 8.02. The SMILES string of the molecule is CCOC(=O)CCN1CCN(Cc2ccccc2)CC1. The lowest BCUT2D eigenvalue weighted by atomic mass is 10.2. The monoisotopic (exact) mass is 276 g/mol. The molecule has 1 heterocycles. The number of hydrogen-bond acceptors (Lipinski definition) is 4. The highest BCUT2D eigenvalue weighted by Crippen LogP contribution is 2.08. The quantitative estimate of drug-likeness (QED) is 0.741. The van der Waals surface area contributed by atoms with Crippen LogP contribution in [0.5, 0.6) is 0 Å². The summed E-state index contributed by atoms with van der Waals surface area (Å²) < 4.78 is 4.96. The van der Waals surface area contributed by atoms with Crippen LogP contribution >= 0.6 is 0 Å². The summed E-state index contributed by atoms with van der Waals surface area (Å²) in [6.07, 6.45) is 0.506. The van der Waals surface area contributed by atoms with Crippen LogP contribution in [0.4, 0.5) is 0 Å². The Kier molecular flexibility index (Phi) is 6.02. The maximum Gasteiger partial charge on any atom is 0.307 e. The second-order valence-electron chi connectivity index (χ2n) is 5.16. The van der Waals surface area contributed by atoms with E-state index in [1.165, 1.54) is 5.56 Å². The summed E-state index contributed by atoms with van der Waals surface area (Å²) in [5.41, 5.74) is 1.37. The molecule has 1 aromatic rings. The first-order valence-electron chi connectivity index (χ1n) is 7.42. The Hall–Kier alpha value is -1.39. The lowest BCUT2D eigenvalue weighted by Gasteiger charge is -2.34. The Labute approximate surface area is 121 Å². The van der Waals surface area contributed by atoms with Crippen LogP contribution in [0.1, 0.15) is 18.9 Å². The van der Waals surface area contributed by atoms with E-state index in [1.54, 1.807) is 0 Å². The summed E-state index contributed by atoms with van der Waals surface area (Å²) in [4.78, 5) is 16.1. The largest absolute Gasteiger partial charge is 0.466 e. The highest BCUT2D eigenvalue weighted by molar-refractivity contribution is 5.69. The van der Waals surface area contributed by atoms with E-state index < -0.39 is 0 Å². The van der Waals surface area contributed by atoms with Crippen LogP contribution in [0, 0.1) is 0 Å². The molecule has 0 atom stereocenters. The zero-order valence-electron chi connectivity index (χ0n) is 12.3. The first-order valence-corrected chi connectivity index (χ1v) is 7.42. The van der Waals surface area contributed by atoms with Crippen molar-refractivity contribution in [3.05, 3.63) is 35.9 Å². The molecule has 1 aromatic carbocycles. The summed E-state index contributed by atoms with van der Waals surface area (Å²) in [5.74, 6) is -0.0841. The summed E-state index contributed by atoms with van der Waals surface area (Å²) in [6, 6.07) is 10.6. The number of piperazine rings is 1. The predicted molar refractivity (Wildman–Crippen MR) is 79.4 cm³/mol. The molecule has 0 unspecified atom stereocenters. The summed E-state index contributed by atoms with van der Waals surface area (Å²) in [6.45, 7) is 8.36. The van der Waals surface area contributed by atoms with Gasteiger partial charge in [0.05, 0.1) is 13.0 Å². The van der Waals surface area contributed by atoms with Crippen LogP contribution < -0.4 is 0 Å². The summed E-state index contributed by atoms with van der Waals surface area (Å²) >= 11 is 0. The van der Waals surface area contributed by atoms with Crippen molar-refractivity contribution in [3.63, 3.8) is 0 Å². The van der Waals surface area contributed by atoms with Crippen molar-refractivity contribution in [2.24, 2.45) is 0 Å². The number of carbonyl (C=O) groups is 1. The molecular formula is C16H24N2O2. The standard InChI is InChI=1S/C16H24N2O2/c1-2-20-16(19)8-9-17-10-12-18(13-11-17)14-15-6-4-3-5-7-15/h3-7H,2,8-14H2,1H3. The molecule has 1 aliphatic heterocycles. The zero-order chi connectivity index (χ0) is 14.2. The molecule has 1 fully saturated rings. The van der Waals surface area contributed by atoms with Crippen molar-refractivity contribution in [1.29, 1.82) is 0 Å². The van der Waals surface area contributed by atoms with Crippen LogP contribution in [-0.4, -0.2) is 55.1 Å². The van der Waals surface area contributed by atoms with Crippen LogP contribution in [0.2, 0.25) is 0 Å². The van der Waals surface area contributed by atoms with E-state index in [9.17, 15) is 4.79 Å². The van der Waals surface area contributed by atoms with Crippen molar-refractivity contribution in [2.75, 3.05) is 39.3 Å². The van der Waals surface area contributed by atoms with Gasteiger partial charge in [-0.25, -0.2) is 0 Å². The van der Waals surface area contributed by atoms with Crippen LogP contribution in [0.15, 0.2) is 30.3 Å². The van der Waals surface area contributed by atoms with E-state index >= 15 is 0 Å². The molecule has 0 N–H and O–H groups in total. The fraction of sp³-hybridized carbons (Fsp3) is 0.562. The van der Waals surface area contributed by atoms with Gasteiger partial charge in [-0.2, -0.15) is 0 Å².